The molecular formula is C24H31N3O3. The molecule has 0 heterocycles. The molecule has 0 spiro atoms. The summed E-state index contributed by atoms with van der Waals surface area (Å²) in [6.45, 7) is 5.55. The minimum Gasteiger partial charge on any atom is -0.444 e. The second-order valence-corrected chi connectivity index (χ2v) is 8.86. The van der Waals surface area contributed by atoms with Crippen LogP contribution in [0.1, 0.15) is 57.1 Å². The standard InChI is InChI=1S/C24H31N3O3/c1-24(2,3)30-23(29)27-21-15-20(21)17-9-13-19(14-10-17)26-22(28)6-4-5-16-7-11-18(25)12-8-16/h7-14,20-21H,4-6,15,25H2,1-3H3,(H,26,28)(H,27,29). The lowest BCUT2D eigenvalue weighted by Crippen LogP contribution is -2.34. The van der Waals surface area contributed by atoms with Crippen molar-refractivity contribution in [2.45, 2.75) is 64.0 Å². The second kappa shape index (κ2) is 9.20. The van der Waals surface area contributed by atoms with Crippen molar-refractivity contribution in [1.29, 1.82) is 0 Å². The van der Waals surface area contributed by atoms with Crippen LogP contribution in [0.4, 0.5) is 16.2 Å². The topological polar surface area (TPSA) is 93.5 Å². The highest BCUT2D eigenvalue weighted by atomic mass is 16.6. The van der Waals surface area contributed by atoms with Crippen LogP contribution < -0.4 is 16.4 Å². The van der Waals surface area contributed by atoms with E-state index in [-0.39, 0.29) is 18.0 Å². The molecule has 0 aliphatic heterocycles. The van der Waals surface area contributed by atoms with Crippen LogP contribution in [0.3, 0.4) is 0 Å². The highest BCUT2D eigenvalue weighted by Gasteiger charge is 2.40. The van der Waals surface area contributed by atoms with E-state index in [0.29, 0.717) is 12.3 Å². The van der Waals surface area contributed by atoms with Crippen LogP contribution in [0.15, 0.2) is 48.5 Å². The minimum absolute atomic E-state index is 0.00841. The highest BCUT2D eigenvalue weighted by Crippen LogP contribution is 2.41. The van der Waals surface area contributed by atoms with Crippen molar-refractivity contribution in [2.75, 3.05) is 11.1 Å². The third kappa shape index (κ3) is 6.79. The quantitative estimate of drug-likeness (QED) is 0.582. The number of carbonyl (C=O) groups is 2. The van der Waals surface area contributed by atoms with E-state index in [9.17, 15) is 9.59 Å². The van der Waals surface area contributed by atoms with E-state index in [0.717, 1.165) is 36.2 Å². The zero-order valence-electron chi connectivity index (χ0n) is 17.9. The van der Waals surface area contributed by atoms with Crippen molar-refractivity contribution < 1.29 is 14.3 Å². The Morgan fingerprint density at radius 2 is 1.73 bits per heavy atom. The second-order valence-electron chi connectivity index (χ2n) is 8.86. The van der Waals surface area contributed by atoms with Gasteiger partial charge in [-0.3, -0.25) is 4.79 Å². The lowest BCUT2D eigenvalue weighted by atomic mass is 10.1. The lowest BCUT2D eigenvalue weighted by molar-refractivity contribution is -0.116. The fourth-order valence-electron chi connectivity index (χ4n) is 3.36. The van der Waals surface area contributed by atoms with Crippen LogP contribution in [-0.4, -0.2) is 23.6 Å². The van der Waals surface area contributed by atoms with Gasteiger partial charge in [-0.25, -0.2) is 4.79 Å². The minimum atomic E-state index is -0.497. The van der Waals surface area contributed by atoms with Crippen LogP contribution >= 0.6 is 0 Å². The molecule has 2 aromatic carbocycles. The van der Waals surface area contributed by atoms with Gasteiger partial charge in [-0.05, 0) is 75.4 Å². The maximum Gasteiger partial charge on any atom is 0.407 e. The number of rotatable bonds is 7. The molecule has 2 atom stereocenters. The predicted molar refractivity (Wildman–Crippen MR) is 119 cm³/mol. The molecule has 0 aromatic heterocycles. The number of hydrogen-bond donors (Lipinski definition) is 3. The first kappa shape index (κ1) is 21.7. The molecule has 4 N–H and O–H groups in total. The molecular weight excluding hydrogens is 378 g/mol. The fourth-order valence-corrected chi connectivity index (χ4v) is 3.36. The first-order valence-corrected chi connectivity index (χ1v) is 10.4. The Hall–Kier alpha value is -3.02. The van der Waals surface area contributed by atoms with Gasteiger partial charge in [0.1, 0.15) is 5.60 Å². The van der Waals surface area contributed by atoms with E-state index in [1.54, 1.807) is 0 Å². The van der Waals surface area contributed by atoms with Crippen molar-refractivity contribution in [2.24, 2.45) is 0 Å². The molecule has 2 amide bonds. The normalized spacial score (nSPS) is 17.8. The summed E-state index contributed by atoms with van der Waals surface area (Å²) >= 11 is 0. The number of hydrogen-bond acceptors (Lipinski definition) is 4. The molecule has 2 aromatic rings. The summed E-state index contributed by atoms with van der Waals surface area (Å²) < 4.78 is 5.30. The number of alkyl carbamates (subject to hydrolysis) is 1. The molecule has 2 unspecified atom stereocenters. The SMILES string of the molecule is CC(C)(C)OC(=O)NC1CC1c1ccc(NC(=O)CCCc2ccc(N)cc2)cc1. The number of nitrogens with one attached hydrogen (secondary N) is 2. The van der Waals surface area contributed by atoms with E-state index in [1.807, 2.05) is 69.3 Å². The molecule has 1 aliphatic carbocycles. The number of ether oxygens (including phenoxy) is 1. The van der Waals surface area contributed by atoms with Gasteiger partial charge in [0.25, 0.3) is 0 Å². The monoisotopic (exact) mass is 409 g/mol. The molecule has 0 bridgehead atoms. The number of nitrogen functional groups attached to an aromatic ring is 1. The number of aryl methyl sites for hydroxylation is 1. The maximum atomic E-state index is 12.2. The summed E-state index contributed by atoms with van der Waals surface area (Å²) in [5, 5.41) is 5.85. The Bertz CT molecular complexity index is 870. The average Bonchev–Trinajstić information content (AvgIpc) is 3.41. The first-order valence-electron chi connectivity index (χ1n) is 10.4. The zero-order valence-corrected chi connectivity index (χ0v) is 17.9. The zero-order chi connectivity index (χ0) is 21.7. The fraction of sp³-hybridized carbons (Fsp3) is 0.417. The van der Waals surface area contributed by atoms with Gasteiger partial charge in [0.05, 0.1) is 0 Å². The molecule has 0 saturated heterocycles. The van der Waals surface area contributed by atoms with Crippen LogP contribution in [0.5, 0.6) is 0 Å². The Morgan fingerprint density at radius 1 is 1.07 bits per heavy atom. The molecule has 6 heteroatoms. The summed E-state index contributed by atoms with van der Waals surface area (Å²) in [6.07, 6.45) is 2.62. The lowest BCUT2D eigenvalue weighted by Gasteiger charge is -2.19. The van der Waals surface area contributed by atoms with E-state index in [4.69, 9.17) is 10.5 Å². The van der Waals surface area contributed by atoms with Crippen molar-refractivity contribution in [1.82, 2.24) is 5.32 Å². The maximum absolute atomic E-state index is 12.2. The average molecular weight is 410 g/mol. The Labute approximate surface area is 178 Å². The van der Waals surface area contributed by atoms with Gasteiger partial charge in [0.2, 0.25) is 5.91 Å². The van der Waals surface area contributed by atoms with E-state index < -0.39 is 5.60 Å². The van der Waals surface area contributed by atoms with Gasteiger partial charge >= 0.3 is 6.09 Å². The number of carbonyl (C=O) groups excluding carboxylic acids is 2. The summed E-state index contributed by atoms with van der Waals surface area (Å²) in [5.41, 5.74) is 9.05. The van der Waals surface area contributed by atoms with Crippen LogP contribution in [-0.2, 0) is 16.0 Å². The largest absolute Gasteiger partial charge is 0.444 e. The molecule has 160 valence electrons. The summed E-state index contributed by atoms with van der Waals surface area (Å²) in [4.78, 5) is 24.0. The van der Waals surface area contributed by atoms with Gasteiger partial charge in [0.15, 0.2) is 0 Å². The number of benzene rings is 2. The number of anilines is 2. The van der Waals surface area contributed by atoms with Crippen molar-refractivity contribution >= 4 is 23.4 Å². The van der Waals surface area contributed by atoms with E-state index >= 15 is 0 Å². The molecule has 6 nitrogen and oxygen atoms in total. The first-order chi connectivity index (χ1) is 14.2. The number of nitrogens with two attached hydrogens (primary N) is 1. The van der Waals surface area contributed by atoms with Crippen LogP contribution in [0.2, 0.25) is 0 Å². The molecule has 3 rings (SSSR count). The van der Waals surface area contributed by atoms with Gasteiger partial charge < -0.3 is 21.1 Å². The Balaban J connectivity index is 1.40. The Morgan fingerprint density at radius 3 is 2.37 bits per heavy atom. The van der Waals surface area contributed by atoms with E-state index in [2.05, 4.69) is 10.6 Å². The number of amides is 2. The third-order valence-corrected chi connectivity index (χ3v) is 4.96. The van der Waals surface area contributed by atoms with Gasteiger partial charge in [0, 0.05) is 29.8 Å². The van der Waals surface area contributed by atoms with Crippen molar-refractivity contribution in [3.8, 4) is 0 Å². The van der Waals surface area contributed by atoms with Crippen molar-refractivity contribution in [3.63, 3.8) is 0 Å². The third-order valence-electron chi connectivity index (χ3n) is 4.96. The summed E-state index contributed by atoms with van der Waals surface area (Å²) in [5.74, 6) is 0.302. The predicted octanol–water partition coefficient (Wildman–Crippen LogP) is 4.61. The molecule has 0 radical (unpaired) electrons. The molecule has 1 saturated carbocycles. The van der Waals surface area contributed by atoms with E-state index in [1.165, 1.54) is 5.56 Å². The van der Waals surface area contributed by atoms with Crippen molar-refractivity contribution in [3.05, 3.63) is 59.7 Å². The molecule has 1 fully saturated rings. The smallest absolute Gasteiger partial charge is 0.407 e. The van der Waals surface area contributed by atoms with Gasteiger partial charge in [-0.15, -0.1) is 0 Å². The summed E-state index contributed by atoms with van der Waals surface area (Å²) in [6, 6.07) is 15.7. The highest BCUT2D eigenvalue weighted by molar-refractivity contribution is 5.90. The molecule has 1 aliphatic rings. The van der Waals surface area contributed by atoms with Gasteiger partial charge in [-0.1, -0.05) is 24.3 Å². The van der Waals surface area contributed by atoms with Gasteiger partial charge in [-0.2, -0.15) is 0 Å². The van der Waals surface area contributed by atoms with Crippen LogP contribution in [0, 0.1) is 0 Å². The van der Waals surface area contributed by atoms with Crippen LogP contribution in [0.25, 0.3) is 0 Å². The summed E-state index contributed by atoms with van der Waals surface area (Å²) in [7, 11) is 0. The Kier molecular flexibility index (Phi) is 6.65. The molecule has 30 heavy (non-hydrogen) atoms.